The molecule has 0 aliphatic heterocycles. The normalized spacial score (nSPS) is 11.1. The fourth-order valence-corrected chi connectivity index (χ4v) is 3.24. The highest BCUT2D eigenvalue weighted by molar-refractivity contribution is 5.82. The van der Waals surface area contributed by atoms with E-state index in [0.29, 0.717) is 34.2 Å². The maximum Gasteiger partial charge on any atom is 0.167 e. The van der Waals surface area contributed by atoms with Crippen LogP contribution >= 0.6 is 0 Å². The van der Waals surface area contributed by atoms with Crippen LogP contribution in [-0.2, 0) is 0 Å². The molecule has 0 radical (unpaired) electrons. The highest BCUT2D eigenvalue weighted by Gasteiger charge is 2.16. The summed E-state index contributed by atoms with van der Waals surface area (Å²) < 4.78 is 40.1. The molecule has 0 bridgehead atoms. The molecule has 0 unspecified atom stereocenters. The smallest absolute Gasteiger partial charge is 0.167 e. The zero-order chi connectivity index (χ0) is 22.0. The second-order valence-corrected chi connectivity index (χ2v) is 6.49. The SMILES string of the molecule is COc1cccc(C=Cc2nc3cc(F)c(F)cc3n2-c2ccc(C#N)cn2)c1OC. The van der Waals surface area contributed by atoms with E-state index in [0.717, 1.165) is 17.7 Å². The molecule has 0 aliphatic carbocycles. The summed E-state index contributed by atoms with van der Waals surface area (Å²) in [6.45, 7) is 0. The second kappa shape index (κ2) is 8.24. The van der Waals surface area contributed by atoms with Gasteiger partial charge in [0.2, 0.25) is 0 Å². The number of nitrogens with zero attached hydrogens (tertiary/aromatic N) is 4. The minimum absolute atomic E-state index is 0.266. The molecule has 0 N–H and O–H groups in total. The molecule has 0 amide bonds. The fraction of sp³-hybridized carbons (Fsp3) is 0.0870. The standard InChI is InChI=1S/C23H16F2N4O2/c1-30-20-5-3-4-15(23(20)31-2)7-9-22-28-18-10-16(24)17(25)11-19(18)29(22)21-8-6-14(12-26)13-27-21/h3-11,13H,1-2H3. The van der Waals surface area contributed by atoms with Gasteiger partial charge in [0.25, 0.3) is 0 Å². The topological polar surface area (TPSA) is 73.0 Å². The van der Waals surface area contributed by atoms with Crippen LogP contribution in [0.5, 0.6) is 11.5 Å². The lowest BCUT2D eigenvalue weighted by molar-refractivity contribution is 0.354. The molecule has 6 nitrogen and oxygen atoms in total. The second-order valence-electron chi connectivity index (χ2n) is 6.49. The van der Waals surface area contributed by atoms with Gasteiger partial charge < -0.3 is 9.47 Å². The van der Waals surface area contributed by atoms with E-state index in [9.17, 15) is 8.78 Å². The summed E-state index contributed by atoms with van der Waals surface area (Å²) in [5.41, 5.74) is 1.71. The van der Waals surface area contributed by atoms with Crippen molar-refractivity contribution in [1.29, 1.82) is 5.26 Å². The van der Waals surface area contributed by atoms with Crippen molar-refractivity contribution in [2.45, 2.75) is 0 Å². The van der Waals surface area contributed by atoms with E-state index in [2.05, 4.69) is 9.97 Å². The van der Waals surface area contributed by atoms with Crippen molar-refractivity contribution >= 4 is 23.2 Å². The van der Waals surface area contributed by atoms with Crippen LogP contribution in [0.15, 0.2) is 48.7 Å². The number of imidazole rings is 1. The number of para-hydroxylation sites is 1. The van der Waals surface area contributed by atoms with Gasteiger partial charge in [-0.05, 0) is 30.4 Å². The Morgan fingerprint density at radius 1 is 1.03 bits per heavy atom. The molecule has 8 heteroatoms. The molecule has 2 heterocycles. The maximum atomic E-state index is 14.0. The number of nitriles is 1. The number of halogens is 2. The Hall–Kier alpha value is -4.25. The molecule has 0 saturated carbocycles. The Balaban J connectivity index is 1.90. The van der Waals surface area contributed by atoms with E-state index in [1.807, 2.05) is 18.2 Å². The third-order valence-corrected chi connectivity index (χ3v) is 4.67. The number of hydrogen-bond acceptors (Lipinski definition) is 5. The van der Waals surface area contributed by atoms with Gasteiger partial charge in [-0.1, -0.05) is 12.1 Å². The molecule has 4 rings (SSSR count). The van der Waals surface area contributed by atoms with Crippen LogP contribution < -0.4 is 9.47 Å². The highest BCUT2D eigenvalue weighted by atomic mass is 19.2. The van der Waals surface area contributed by atoms with Gasteiger partial charge in [0, 0.05) is 23.9 Å². The summed E-state index contributed by atoms with van der Waals surface area (Å²) in [5.74, 6) is -0.0809. The van der Waals surface area contributed by atoms with Crippen LogP contribution in [0.3, 0.4) is 0 Å². The van der Waals surface area contributed by atoms with Gasteiger partial charge in [-0.2, -0.15) is 5.26 Å². The summed E-state index contributed by atoms with van der Waals surface area (Å²) in [6.07, 6.45) is 4.85. The van der Waals surface area contributed by atoms with E-state index in [1.165, 1.54) is 13.3 Å². The van der Waals surface area contributed by atoms with E-state index >= 15 is 0 Å². The van der Waals surface area contributed by atoms with Crippen molar-refractivity contribution in [3.8, 4) is 23.4 Å². The molecule has 2 aromatic carbocycles. The van der Waals surface area contributed by atoms with Crippen LogP contribution in [0, 0.1) is 23.0 Å². The molecule has 2 aromatic heterocycles. The quantitative estimate of drug-likeness (QED) is 0.467. The van der Waals surface area contributed by atoms with E-state index in [4.69, 9.17) is 14.7 Å². The van der Waals surface area contributed by atoms with Crippen LogP contribution in [0.1, 0.15) is 17.0 Å². The number of fused-ring (bicyclic) bond motifs is 1. The van der Waals surface area contributed by atoms with Crippen LogP contribution in [0.2, 0.25) is 0 Å². The van der Waals surface area contributed by atoms with Gasteiger partial charge in [-0.15, -0.1) is 0 Å². The average molecular weight is 418 g/mol. The Morgan fingerprint density at radius 3 is 2.52 bits per heavy atom. The molecule has 0 fully saturated rings. The number of methoxy groups -OCH3 is 2. The van der Waals surface area contributed by atoms with Crippen LogP contribution in [0.25, 0.3) is 29.0 Å². The van der Waals surface area contributed by atoms with Gasteiger partial charge in [-0.25, -0.2) is 18.7 Å². The van der Waals surface area contributed by atoms with Crippen LogP contribution in [-0.4, -0.2) is 28.8 Å². The van der Waals surface area contributed by atoms with Crippen LogP contribution in [0.4, 0.5) is 8.78 Å². The summed E-state index contributed by atoms with van der Waals surface area (Å²) in [4.78, 5) is 8.72. The number of rotatable bonds is 5. The molecule has 31 heavy (non-hydrogen) atoms. The first-order valence-corrected chi connectivity index (χ1v) is 9.18. The molecule has 0 spiro atoms. The van der Waals surface area contributed by atoms with Crippen molar-refractivity contribution in [2.24, 2.45) is 0 Å². The fourth-order valence-electron chi connectivity index (χ4n) is 3.24. The van der Waals surface area contributed by atoms with Crippen molar-refractivity contribution in [3.05, 3.63) is 77.2 Å². The van der Waals surface area contributed by atoms with Crippen molar-refractivity contribution < 1.29 is 18.3 Å². The third kappa shape index (κ3) is 3.69. The predicted molar refractivity (Wildman–Crippen MR) is 112 cm³/mol. The van der Waals surface area contributed by atoms with E-state index in [1.54, 1.807) is 42.0 Å². The third-order valence-electron chi connectivity index (χ3n) is 4.67. The number of pyridine rings is 1. The van der Waals surface area contributed by atoms with Gasteiger partial charge in [0.05, 0.1) is 30.8 Å². The molecular weight excluding hydrogens is 402 g/mol. The maximum absolute atomic E-state index is 14.0. The molecule has 0 atom stereocenters. The molecule has 0 saturated heterocycles. The number of ether oxygens (including phenoxy) is 2. The summed E-state index contributed by atoms with van der Waals surface area (Å²) in [6, 6.07) is 12.7. The summed E-state index contributed by atoms with van der Waals surface area (Å²) in [5, 5.41) is 9.02. The minimum Gasteiger partial charge on any atom is -0.493 e. The highest BCUT2D eigenvalue weighted by Crippen LogP contribution is 2.32. The Morgan fingerprint density at radius 2 is 1.84 bits per heavy atom. The minimum atomic E-state index is -0.993. The molecule has 4 aromatic rings. The average Bonchev–Trinajstić information content (AvgIpc) is 3.14. The Bertz CT molecular complexity index is 1340. The van der Waals surface area contributed by atoms with E-state index < -0.39 is 11.6 Å². The predicted octanol–water partition coefficient (Wildman–Crippen LogP) is 4.76. The Kier molecular flexibility index (Phi) is 5.33. The number of benzene rings is 2. The first-order chi connectivity index (χ1) is 15.0. The Labute approximate surface area is 176 Å². The molecule has 154 valence electrons. The lowest BCUT2D eigenvalue weighted by Gasteiger charge is -2.10. The van der Waals surface area contributed by atoms with E-state index in [-0.39, 0.29) is 5.52 Å². The van der Waals surface area contributed by atoms with Crippen molar-refractivity contribution in [1.82, 2.24) is 14.5 Å². The van der Waals surface area contributed by atoms with Gasteiger partial charge in [0.1, 0.15) is 17.7 Å². The molecule has 0 aliphatic rings. The summed E-state index contributed by atoms with van der Waals surface area (Å²) >= 11 is 0. The lowest BCUT2D eigenvalue weighted by atomic mass is 10.1. The first kappa shape index (κ1) is 20.0. The zero-order valence-corrected chi connectivity index (χ0v) is 16.6. The first-order valence-electron chi connectivity index (χ1n) is 9.18. The number of hydrogen-bond donors (Lipinski definition) is 0. The molecular formula is C23H16F2N4O2. The number of aromatic nitrogens is 3. The van der Waals surface area contributed by atoms with Gasteiger partial charge >= 0.3 is 0 Å². The lowest BCUT2D eigenvalue weighted by Crippen LogP contribution is -2.00. The van der Waals surface area contributed by atoms with Gasteiger partial charge in [0.15, 0.2) is 23.1 Å². The zero-order valence-electron chi connectivity index (χ0n) is 16.6. The van der Waals surface area contributed by atoms with Gasteiger partial charge in [-0.3, -0.25) is 4.57 Å². The monoisotopic (exact) mass is 418 g/mol. The van der Waals surface area contributed by atoms with Crippen molar-refractivity contribution in [2.75, 3.05) is 14.2 Å². The summed E-state index contributed by atoms with van der Waals surface area (Å²) in [7, 11) is 3.08. The van der Waals surface area contributed by atoms with Crippen molar-refractivity contribution in [3.63, 3.8) is 0 Å². The largest absolute Gasteiger partial charge is 0.493 e.